The molecule has 0 aromatic carbocycles. The molecule has 0 fully saturated rings. The number of isocyanates is 1. The van der Waals surface area contributed by atoms with Gasteiger partial charge in [0.2, 0.25) is 6.08 Å². The van der Waals surface area contributed by atoms with Gasteiger partial charge < -0.3 is 9.47 Å². The normalized spacial score (nSPS) is 11.3. The maximum absolute atomic E-state index is 9.84. The first-order valence-electron chi connectivity index (χ1n) is 5.00. The highest BCUT2D eigenvalue weighted by Gasteiger charge is 2.23. The molecule has 0 aliphatic heterocycles. The minimum Gasteiger partial charge on any atom is -0.355 e. The number of rotatable bonds is 8. The first-order chi connectivity index (χ1) is 6.68. The molecule has 0 saturated heterocycles. The van der Waals surface area contributed by atoms with E-state index in [-0.39, 0.29) is 0 Å². The minimum absolute atomic E-state index is 0.401. The zero-order valence-corrected chi connectivity index (χ0v) is 11.2. The molecule has 0 aromatic rings. The minimum atomic E-state index is -0.401. The predicted octanol–water partition coefficient (Wildman–Crippen LogP) is 0.195. The molecule has 0 unspecified atom stereocenters. The molecule has 0 spiro atoms. The zero-order valence-electron chi connectivity index (χ0n) is 9.21. The van der Waals surface area contributed by atoms with Crippen LogP contribution in [0.4, 0.5) is 0 Å². The monoisotopic (exact) mass is 217 g/mol. The lowest BCUT2D eigenvalue weighted by Gasteiger charge is -2.29. The molecule has 4 nitrogen and oxygen atoms in total. The summed E-state index contributed by atoms with van der Waals surface area (Å²) >= 11 is 0. The van der Waals surface area contributed by atoms with Crippen molar-refractivity contribution in [1.82, 2.24) is 0 Å². The fourth-order valence-electron chi connectivity index (χ4n) is 1.32. The van der Waals surface area contributed by atoms with Gasteiger partial charge in [-0.15, -0.1) is 0 Å². The van der Waals surface area contributed by atoms with E-state index in [9.17, 15) is 4.79 Å². The van der Waals surface area contributed by atoms with E-state index in [0.717, 1.165) is 23.1 Å². The number of hydrogen-bond donors (Lipinski definition) is 0. The number of aliphatic imine (C=N–C) groups is 1. The van der Waals surface area contributed by atoms with Crippen molar-refractivity contribution in [2.45, 2.75) is 32.1 Å². The van der Waals surface area contributed by atoms with Gasteiger partial charge in [-0.25, -0.2) is 9.79 Å². The fraction of sp³-hybridized carbons (Fsp3) is 0.889. The standard InChI is InChI=1S/C9H19NO3Si/c1-3-12-9(14,13-4-2)6-5-7-10-8-11/h3-7H2,1-2,14H3. The predicted molar refractivity (Wildman–Crippen MR) is 58.1 cm³/mol. The first-order valence-corrected chi connectivity index (χ1v) is 6.00. The Morgan fingerprint density at radius 1 is 1.36 bits per heavy atom. The van der Waals surface area contributed by atoms with E-state index >= 15 is 0 Å². The van der Waals surface area contributed by atoms with Crippen LogP contribution in [-0.4, -0.2) is 41.5 Å². The average Bonchev–Trinajstić information content (AvgIpc) is 2.13. The fourth-order valence-corrected chi connectivity index (χ4v) is 2.25. The van der Waals surface area contributed by atoms with Gasteiger partial charge >= 0.3 is 0 Å². The highest BCUT2D eigenvalue weighted by Crippen LogP contribution is 2.15. The summed E-state index contributed by atoms with van der Waals surface area (Å²) in [6, 6.07) is 0. The third-order valence-corrected chi connectivity index (χ3v) is 2.94. The Kier molecular flexibility index (Phi) is 7.61. The van der Waals surface area contributed by atoms with Crippen LogP contribution in [-0.2, 0) is 14.3 Å². The third-order valence-electron chi connectivity index (χ3n) is 1.86. The highest BCUT2D eigenvalue weighted by molar-refractivity contribution is 6.13. The summed E-state index contributed by atoms with van der Waals surface area (Å²) in [5.41, 5.74) is -0.401. The summed E-state index contributed by atoms with van der Waals surface area (Å²) in [5, 5.41) is 0. The Morgan fingerprint density at radius 2 is 1.93 bits per heavy atom. The van der Waals surface area contributed by atoms with Crippen LogP contribution in [0.3, 0.4) is 0 Å². The Labute approximate surface area is 88.1 Å². The molecule has 0 bridgehead atoms. The molecular formula is C9H19NO3Si. The van der Waals surface area contributed by atoms with Gasteiger partial charge in [-0.3, -0.25) is 0 Å². The maximum Gasteiger partial charge on any atom is 0.234 e. The van der Waals surface area contributed by atoms with Crippen LogP contribution < -0.4 is 0 Å². The summed E-state index contributed by atoms with van der Waals surface area (Å²) < 4.78 is 11.1. The summed E-state index contributed by atoms with van der Waals surface area (Å²) in [7, 11) is 0.821. The van der Waals surface area contributed by atoms with E-state index < -0.39 is 5.41 Å². The van der Waals surface area contributed by atoms with E-state index in [0.29, 0.717) is 19.8 Å². The Bertz CT molecular complexity index is 186. The molecule has 5 heteroatoms. The van der Waals surface area contributed by atoms with Crippen molar-refractivity contribution >= 4 is 16.3 Å². The first kappa shape index (κ1) is 13.5. The lowest BCUT2D eigenvalue weighted by Crippen LogP contribution is -2.36. The summed E-state index contributed by atoms with van der Waals surface area (Å²) in [6.45, 7) is 5.72. The summed E-state index contributed by atoms with van der Waals surface area (Å²) in [5.74, 6) is 0. The van der Waals surface area contributed by atoms with E-state index in [1.54, 1.807) is 0 Å². The molecule has 0 heterocycles. The second kappa shape index (κ2) is 7.88. The topological polar surface area (TPSA) is 47.9 Å². The van der Waals surface area contributed by atoms with Crippen molar-refractivity contribution in [3.05, 3.63) is 0 Å². The molecule has 0 aliphatic rings. The van der Waals surface area contributed by atoms with Crippen molar-refractivity contribution in [2.24, 2.45) is 4.99 Å². The smallest absolute Gasteiger partial charge is 0.234 e. The molecule has 0 rings (SSSR count). The molecule has 0 aliphatic carbocycles. The van der Waals surface area contributed by atoms with E-state index in [2.05, 4.69) is 4.99 Å². The van der Waals surface area contributed by atoms with Gasteiger partial charge in [0, 0.05) is 13.2 Å². The largest absolute Gasteiger partial charge is 0.355 e. The van der Waals surface area contributed by atoms with E-state index in [4.69, 9.17) is 9.47 Å². The highest BCUT2D eigenvalue weighted by atomic mass is 28.1. The maximum atomic E-state index is 9.84. The van der Waals surface area contributed by atoms with Crippen LogP contribution in [0.15, 0.2) is 4.99 Å². The van der Waals surface area contributed by atoms with Gasteiger partial charge in [0.25, 0.3) is 0 Å². The van der Waals surface area contributed by atoms with Crippen LogP contribution in [0, 0.1) is 0 Å². The molecular weight excluding hydrogens is 198 g/mol. The van der Waals surface area contributed by atoms with Crippen LogP contribution >= 0.6 is 0 Å². The zero-order chi connectivity index (χ0) is 10.9. The molecule has 14 heavy (non-hydrogen) atoms. The number of nitrogens with zero attached hydrogens (tertiary/aromatic N) is 1. The van der Waals surface area contributed by atoms with Crippen molar-refractivity contribution in [2.75, 3.05) is 19.8 Å². The van der Waals surface area contributed by atoms with Crippen molar-refractivity contribution in [1.29, 1.82) is 0 Å². The van der Waals surface area contributed by atoms with Crippen molar-refractivity contribution < 1.29 is 14.3 Å². The van der Waals surface area contributed by atoms with Crippen LogP contribution in [0.5, 0.6) is 0 Å². The molecule has 0 saturated carbocycles. The quantitative estimate of drug-likeness (QED) is 0.192. The van der Waals surface area contributed by atoms with Gasteiger partial charge in [0.05, 0.1) is 16.8 Å². The average molecular weight is 217 g/mol. The molecule has 0 N–H and O–H groups in total. The van der Waals surface area contributed by atoms with Crippen LogP contribution in [0.2, 0.25) is 0 Å². The van der Waals surface area contributed by atoms with E-state index in [1.807, 2.05) is 13.8 Å². The van der Waals surface area contributed by atoms with Gasteiger partial charge in [-0.2, -0.15) is 0 Å². The molecule has 82 valence electrons. The molecule has 0 amide bonds. The van der Waals surface area contributed by atoms with E-state index in [1.165, 1.54) is 6.08 Å². The SMILES string of the molecule is CCOC([SiH3])(CCCN=C=O)OCC. The van der Waals surface area contributed by atoms with Gasteiger partial charge in [-0.05, 0) is 26.7 Å². The van der Waals surface area contributed by atoms with Crippen LogP contribution in [0.25, 0.3) is 0 Å². The lowest BCUT2D eigenvalue weighted by atomic mass is 10.3. The summed E-state index contributed by atoms with van der Waals surface area (Å²) in [4.78, 5) is 13.3. The third kappa shape index (κ3) is 6.04. The van der Waals surface area contributed by atoms with Gasteiger partial charge in [0.15, 0.2) is 0 Å². The van der Waals surface area contributed by atoms with Crippen molar-refractivity contribution in [3.63, 3.8) is 0 Å². The second-order valence-corrected chi connectivity index (χ2v) is 4.60. The van der Waals surface area contributed by atoms with Crippen LogP contribution in [0.1, 0.15) is 26.7 Å². The van der Waals surface area contributed by atoms with Crippen molar-refractivity contribution in [3.8, 4) is 0 Å². The summed E-state index contributed by atoms with van der Waals surface area (Å²) in [6.07, 6.45) is 3.12. The Hall–Kier alpha value is -0.483. The number of ether oxygens (including phenoxy) is 2. The lowest BCUT2D eigenvalue weighted by molar-refractivity contribution is -0.176. The molecule has 0 aromatic heterocycles. The van der Waals surface area contributed by atoms with Gasteiger partial charge in [0.1, 0.15) is 5.41 Å². The molecule has 0 radical (unpaired) electrons. The number of hydrogen-bond acceptors (Lipinski definition) is 4. The Balaban J connectivity index is 3.88. The number of carbonyl (C=O) groups excluding carboxylic acids is 1. The van der Waals surface area contributed by atoms with Gasteiger partial charge in [-0.1, -0.05) is 0 Å². The second-order valence-electron chi connectivity index (χ2n) is 3.08. The molecule has 0 atom stereocenters. The Morgan fingerprint density at radius 3 is 2.36 bits per heavy atom.